The third-order valence-electron chi connectivity index (χ3n) is 6.26. The van der Waals surface area contributed by atoms with E-state index in [1.807, 2.05) is 6.07 Å². The molecule has 2 N–H and O–H groups in total. The molecular weight excluding hydrogens is 648 g/mol. The molecule has 0 aromatic heterocycles. The molecule has 0 spiro atoms. The third-order valence-corrected chi connectivity index (χ3v) is 9.28. The molecule has 1 heterocycles. The lowest BCUT2D eigenvalue weighted by Crippen LogP contribution is -2.54. The van der Waals surface area contributed by atoms with Crippen LogP contribution in [0.3, 0.4) is 0 Å². The minimum Gasteiger partial charge on any atom is -0.453 e. The highest BCUT2D eigenvalue weighted by Crippen LogP contribution is 2.36. The Morgan fingerprint density at radius 1 is 1.18 bits per heavy atom. The Morgan fingerprint density at radius 2 is 1.93 bits per heavy atom. The number of nitriles is 1. The Kier molecular flexibility index (Phi) is 8.85. The van der Waals surface area contributed by atoms with Gasteiger partial charge < -0.3 is 15.4 Å². The number of ketones is 1. The van der Waals surface area contributed by atoms with E-state index >= 15 is 4.39 Å². The molecule has 1 unspecified atom stereocenters. The van der Waals surface area contributed by atoms with Gasteiger partial charge in [0.25, 0.3) is 5.91 Å². The first-order valence-corrected chi connectivity index (χ1v) is 15.0. The van der Waals surface area contributed by atoms with Crippen molar-refractivity contribution >= 4 is 79.3 Å². The minimum atomic E-state index is -1.52. The minimum absolute atomic E-state index is 0.0213. The van der Waals surface area contributed by atoms with Crippen molar-refractivity contribution in [3.63, 3.8) is 0 Å². The average molecular weight is 669 g/mol. The number of hydrogen-bond acceptors (Lipinski definition) is 6. The van der Waals surface area contributed by atoms with Gasteiger partial charge in [0.1, 0.15) is 5.75 Å². The van der Waals surface area contributed by atoms with E-state index in [4.69, 9.17) is 33.2 Å². The second-order valence-corrected chi connectivity index (χ2v) is 12.4. The number of carbonyl (C=O) groups is 4. The van der Waals surface area contributed by atoms with Crippen molar-refractivity contribution in [1.82, 2.24) is 5.32 Å². The number of ether oxygens (including phenoxy) is 1. The molecule has 3 aromatic carbocycles. The summed E-state index contributed by atoms with van der Waals surface area (Å²) in [4.78, 5) is 49.7. The quantitative estimate of drug-likeness (QED) is 0.342. The second kappa shape index (κ2) is 12.0. The Balaban J connectivity index is 1.46. The summed E-state index contributed by atoms with van der Waals surface area (Å²) in [6.07, 6.45) is -0.375. The highest BCUT2D eigenvalue weighted by molar-refractivity contribution is 9.10. The van der Waals surface area contributed by atoms with E-state index < -0.39 is 34.9 Å². The summed E-state index contributed by atoms with van der Waals surface area (Å²) in [5, 5.41) is 14.2. The summed E-state index contributed by atoms with van der Waals surface area (Å²) in [7, 11) is 0. The average Bonchev–Trinajstić information content (AvgIpc) is 3.15. The lowest BCUT2D eigenvalue weighted by atomic mass is 9.99. The number of nitrogens with one attached hydrogen (secondary N) is 2. The van der Waals surface area contributed by atoms with Gasteiger partial charge in [0, 0.05) is 21.9 Å². The van der Waals surface area contributed by atoms with Crippen LogP contribution >= 0.6 is 50.9 Å². The molecule has 1 saturated heterocycles. The van der Waals surface area contributed by atoms with Crippen LogP contribution in [0.1, 0.15) is 28.4 Å². The normalized spacial score (nSPS) is 16.6. The van der Waals surface area contributed by atoms with Gasteiger partial charge in [0.2, 0.25) is 5.91 Å². The van der Waals surface area contributed by atoms with Crippen LogP contribution in [-0.4, -0.2) is 34.0 Å². The summed E-state index contributed by atoms with van der Waals surface area (Å²) in [6, 6.07) is 13.2. The monoisotopic (exact) mass is 667 g/mol. The van der Waals surface area contributed by atoms with Crippen LogP contribution in [0.25, 0.3) is 0 Å². The van der Waals surface area contributed by atoms with Gasteiger partial charge >= 0.3 is 0 Å². The van der Waals surface area contributed by atoms with Gasteiger partial charge in [-0.2, -0.15) is 5.26 Å². The smallest absolute Gasteiger partial charge is 0.252 e. The highest BCUT2D eigenvalue weighted by Gasteiger charge is 2.45. The zero-order valence-electron chi connectivity index (χ0n) is 20.7. The van der Waals surface area contributed by atoms with E-state index in [1.54, 1.807) is 0 Å². The molecule has 1 atom stereocenters. The SMILES string of the molecule is CC1(NC(=O)c2ccc(NC(=O)Cc3ccc(Br)c(Oc4cc(Cl)cc(C#N)c4)c3F)c(Cl)c2)C(=O)C[SH4]C1=O. The second-order valence-electron chi connectivity index (χ2n) is 9.08. The number of Topliss-reactive ketones (excluding diaryl/α,β-unsaturated/α-hetero) is 1. The van der Waals surface area contributed by atoms with Gasteiger partial charge in [-0.05, 0) is 65.3 Å². The van der Waals surface area contributed by atoms with Crippen LogP contribution in [0.5, 0.6) is 11.5 Å². The standard InChI is InChI=1S/C27H21BrCl2FN3O5S/c1-27(21(35)12-40-26(27)38)34-25(37)15-3-5-20(19(30)8-15)33-22(36)9-14-2-4-18(28)24(23(14)31)39-17-7-13(11-32)6-16(29)10-17/h2-8,10H,9,12H2,1H3,40H4,(H,33,36)(H,34,37). The van der Waals surface area contributed by atoms with Crippen molar-refractivity contribution in [2.24, 2.45) is 0 Å². The topological polar surface area (TPSA) is 125 Å². The van der Waals surface area contributed by atoms with Gasteiger partial charge in [-0.15, -0.1) is 0 Å². The summed E-state index contributed by atoms with van der Waals surface area (Å²) in [5.74, 6) is -2.20. The molecule has 0 bridgehead atoms. The van der Waals surface area contributed by atoms with E-state index in [1.165, 1.54) is 55.5 Å². The van der Waals surface area contributed by atoms with E-state index in [2.05, 4.69) is 26.6 Å². The molecule has 4 rings (SSSR count). The predicted octanol–water partition coefficient (Wildman–Crippen LogP) is 5.00. The molecule has 0 aliphatic carbocycles. The molecular formula is C27H21BrCl2FN3O5S. The van der Waals surface area contributed by atoms with Crippen molar-refractivity contribution in [3.8, 4) is 17.6 Å². The molecule has 1 fully saturated rings. The van der Waals surface area contributed by atoms with Crippen LogP contribution < -0.4 is 15.4 Å². The first-order valence-electron chi connectivity index (χ1n) is 11.7. The highest BCUT2D eigenvalue weighted by atomic mass is 79.9. The summed E-state index contributed by atoms with van der Waals surface area (Å²) < 4.78 is 21.2. The maximum atomic E-state index is 15.3. The number of nitrogens with zero attached hydrogens (tertiary/aromatic N) is 1. The van der Waals surface area contributed by atoms with Crippen LogP contribution in [0, 0.1) is 17.1 Å². The predicted molar refractivity (Wildman–Crippen MR) is 158 cm³/mol. The lowest BCUT2D eigenvalue weighted by Gasteiger charge is -2.22. The summed E-state index contributed by atoms with van der Waals surface area (Å²) >= 11 is 14.3. The molecule has 3 aromatic rings. The Bertz CT molecular complexity index is 1610. The van der Waals surface area contributed by atoms with Crippen molar-refractivity contribution in [1.29, 1.82) is 5.26 Å². The molecule has 1 aliphatic rings. The summed E-state index contributed by atoms with van der Waals surface area (Å²) in [5.41, 5.74) is -1.00. The molecule has 13 heteroatoms. The van der Waals surface area contributed by atoms with Crippen LogP contribution in [0.2, 0.25) is 10.0 Å². The number of rotatable bonds is 7. The third kappa shape index (κ3) is 6.31. The van der Waals surface area contributed by atoms with Gasteiger partial charge in [0.05, 0.1) is 33.2 Å². The zero-order chi connectivity index (χ0) is 29.2. The lowest BCUT2D eigenvalue weighted by molar-refractivity contribution is -0.127. The molecule has 208 valence electrons. The number of anilines is 1. The molecule has 8 nitrogen and oxygen atoms in total. The fraction of sp³-hybridized carbons (Fsp3) is 0.148. The number of benzene rings is 3. The maximum Gasteiger partial charge on any atom is 0.252 e. The maximum absolute atomic E-state index is 15.3. The Labute approximate surface area is 250 Å². The van der Waals surface area contributed by atoms with E-state index in [0.717, 1.165) is 0 Å². The molecule has 2 amide bonds. The van der Waals surface area contributed by atoms with E-state index in [-0.39, 0.29) is 71.5 Å². The van der Waals surface area contributed by atoms with Crippen LogP contribution in [0.4, 0.5) is 10.1 Å². The number of halogens is 4. The summed E-state index contributed by atoms with van der Waals surface area (Å²) in [6.45, 7) is 1.40. The van der Waals surface area contributed by atoms with Gasteiger partial charge in [-0.3, -0.25) is 30.9 Å². The first kappa shape index (κ1) is 29.6. The van der Waals surface area contributed by atoms with Crippen molar-refractivity contribution in [3.05, 3.63) is 85.6 Å². The number of amides is 2. The Hall–Kier alpha value is -3.43. The van der Waals surface area contributed by atoms with Crippen LogP contribution in [0.15, 0.2) is 53.0 Å². The zero-order valence-corrected chi connectivity index (χ0v) is 25.3. The molecule has 0 radical (unpaired) electrons. The fourth-order valence-corrected chi connectivity index (χ4v) is 6.63. The van der Waals surface area contributed by atoms with Crippen molar-refractivity contribution in [2.45, 2.75) is 18.9 Å². The van der Waals surface area contributed by atoms with Gasteiger partial charge in [-0.1, -0.05) is 29.3 Å². The number of carbonyl (C=O) groups excluding carboxylic acids is 4. The fourth-order valence-electron chi connectivity index (χ4n) is 4.05. The molecule has 0 saturated carbocycles. The van der Waals surface area contributed by atoms with E-state index in [0.29, 0.717) is 0 Å². The molecule has 40 heavy (non-hydrogen) atoms. The number of hydrogen-bond donors (Lipinski definition) is 2. The van der Waals surface area contributed by atoms with Gasteiger partial charge in [0.15, 0.2) is 28.0 Å². The van der Waals surface area contributed by atoms with E-state index in [9.17, 15) is 19.2 Å². The first-order chi connectivity index (χ1) is 18.9. The van der Waals surface area contributed by atoms with Gasteiger partial charge in [-0.25, -0.2) is 4.39 Å². The van der Waals surface area contributed by atoms with Crippen LogP contribution in [-0.2, 0) is 20.8 Å². The Morgan fingerprint density at radius 3 is 2.58 bits per heavy atom. The molecule has 1 aliphatic heterocycles. The van der Waals surface area contributed by atoms with Crippen molar-refractivity contribution < 1.29 is 28.3 Å². The largest absolute Gasteiger partial charge is 0.453 e. The van der Waals surface area contributed by atoms with Crippen molar-refractivity contribution in [2.75, 3.05) is 11.1 Å².